The second-order valence-electron chi connectivity index (χ2n) is 2.91. The molecule has 3 nitrogen and oxygen atoms in total. The van der Waals surface area contributed by atoms with Crippen molar-refractivity contribution in [3.05, 3.63) is 23.9 Å². The summed E-state index contributed by atoms with van der Waals surface area (Å²) in [6, 6.07) is 3.54. The van der Waals surface area contributed by atoms with Crippen molar-refractivity contribution in [2.45, 2.75) is 6.42 Å². The van der Waals surface area contributed by atoms with Crippen LogP contribution in [0.15, 0.2) is 18.3 Å². The van der Waals surface area contributed by atoms with Crippen molar-refractivity contribution >= 4 is 12.1 Å². The molecule has 0 N–H and O–H groups in total. The highest BCUT2D eigenvalue weighted by atomic mass is 16.1. The SMILES string of the molecule is O=Cc1ccnc(N2CCC2)c1. The molecule has 0 atom stereocenters. The number of hydrogen-bond donors (Lipinski definition) is 0. The highest BCUT2D eigenvalue weighted by molar-refractivity contribution is 5.76. The molecule has 0 spiro atoms. The van der Waals surface area contributed by atoms with Gasteiger partial charge in [-0.2, -0.15) is 0 Å². The second kappa shape index (κ2) is 2.93. The normalized spacial score (nSPS) is 15.5. The number of nitrogens with zero attached hydrogens (tertiary/aromatic N) is 2. The summed E-state index contributed by atoms with van der Waals surface area (Å²) < 4.78 is 0. The lowest BCUT2D eigenvalue weighted by molar-refractivity contribution is 0.112. The van der Waals surface area contributed by atoms with Crippen molar-refractivity contribution in [1.29, 1.82) is 0 Å². The van der Waals surface area contributed by atoms with Gasteiger partial charge in [-0.1, -0.05) is 0 Å². The summed E-state index contributed by atoms with van der Waals surface area (Å²) in [6.07, 6.45) is 3.76. The highest BCUT2D eigenvalue weighted by Gasteiger charge is 2.15. The summed E-state index contributed by atoms with van der Waals surface area (Å²) in [6.45, 7) is 2.13. The predicted octanol–water partition coefficient (Wildman–Crippen LogP) is 1.10. The van der Waals surface area contributed by atoms with Gasteiger partial charge in [0.1, 0.15) is 12.1 Å². The summed E-state index contributed by atoms with van der Waals surface area (Å²) in [7, 11) is 0. The van der Waals surface area contributed by atoms with E-state index < -0.39 is 0 Å². The molecule has 62 valence electrons. The molecule has 0 amide bonds. The van der Waals surface area contributed by atoms with Gasteiger partial charge in [0.15, 0.2) is 0 Å². The summed E-state index contributed by atoms with van der Waals surface area (Å²) in [5.41, 5.74) is 0.701. The van der Waals surface area contributed by atoms with Gasteiger partial charge in [0.05, 0.1) is 0 Å². The first-order chi connectivity index (χ1) is 5.90. The van der Waals surface area contributed by atoms with Gasteiger partial charge in [-0.25, -0.2) is 4.98 Å². The zero-order chi connectivity index (χ0) is 8.39. The number of rotatable bonds is 2. The Morgan fingerprint density at radius 2 is 2.33 bits per heavy atom. The van der Waals surface area contributed by atoms with Gasteiger partial charge in [0.2, 0.25) is 0 Å². The van der Waals surface area contributed by atoms with Gasteiger partial charge in [-0.15, -0.1) is 0 Å². The third-order valence-electron chi connectivity index (χ3n) is 2.09. The summed E-state index contributed by atoms with van der Waals surface area (Å²) in [5.74, 6) is 0.922. The van der Waals surface area contributed by atoms with Gasteiger partial charge in [0.25, 0.3) is 0 Å². The molecule has 1 saturated heterocycles. The Morgan fingerprint density at radius 3 is 2.92 bits per heavy atom. The summed E-state index contributed by atoms with van der Waals surface area (Å²) >= 11 is 0. The van der Waals surface area contributed by atoms with Crippen LogP contribution in [0, 0.1) is 0 Å². The Balaban J connectivity index is 2.25. The molecule has 1 aliphatic heterocycles. The Labute approximate surface area is 71.0 Å². The molecule has 0 aliphatic carbocycles. The van der Waals surface area contributed by atoms with Crippen LogP contribution in [-0.4, -0.2) is 24.4 Å². The second-order valence-corrected chi connectivity index (χ2v) is 2.91. The van der Waals surface area contributed by atoms with Gasteiger partial charge in [-0.3, -0.25) is 4.79 Å². The smallest absolute Gasteiger partial charge is 0.150 e. The predicted molar refractivity (Wildman–Crippen MR) is 46.5 cm³/mol. The molecule has 0 aromatic carbocycles. The van der Waals surface area contributed by atoms with E-state index in [-0.39, 0.29) is 0 Å². The minimum atomic E-state index is 0.701. The maximum absolute atomic E-state index is 10.4. The van der Waals surface area contributed by atoms with E-state index >= 15 is 0 Å². The fourth-order valence-electron chi connectivity index (χ4n) is 1.23. The van der Waals surface area contributed by atoms with Gasteiger partial charge in [-0.05, 0) is 18.6 Å². The Morgan fingerprint density at radius 1 is 1.50 bits per heavy atom. The number of hydrogen-bond acceptors (Lipinski definition) is 3. The Kier molecular flexibility index (Phi) is 1.78. The molecule has 3 heteroatoms. The first kappa shape index (κ1) is 7.28. The molecular weight excluding hydrogens is 152 g/mol. The molecule has 2 heterocycles. The third kappa shape index (κ3) is 1.18. The minimum Gasteiger partial charge on any atom is -0.356 e. The molecule has 0 unspecified atom stereocenters. The molecule has 0 radical (unpaired) electrons. The van der Waals surface area contributed by atoms with Crippen LogP contribution in [0.1, 0.15) is 16.8 Å². The van der Waals surface area contributed by atoms with Crippen molar-refractivity contribution in [2.75, 3.05) is 18.0 Å². The summed E-state index contributed by atoms with van der Waals surface area (Å²) in [5, 5.41) is 0. The van der Waals surface area contributed by atoms with E-state index in [1.807, 2.05) is 6.07 Å². The monoisotopic (exact) mass is 162 g/mol. The molecule has 1 aliphatic rings. The van der Waals surface area contributed by atoms with E-state index in [4.69, 9.17) is 0 Å². The third-order valence-corrected chi connectivity index (χ3v) is 2.09. The topological polar surface area (TPSA) is 33.2 Å². The number of anilines is 1. The summed E-state index contributed by atoms with van der Waals surface area (Å²) in [4.78, 5) is 16.8. The minimum absolute atomic E-state index is 0.701. The lowest BCUT2D eigenvalue weighted by atomic mass is 10.2. The molecule has 0 bridgehead atoms. The number of carbonyl (C=O) groups excluding carboxylic acids is 1. The van der Waals surface area contributed by atoms with Crippen molar-refractivity contribution < 1.29 is 4.79 Å². The van der Waals surface area contributed by atoms with E-state index in [0.717, 1.165) is 25.2 Å². The molecule has 2 rings (SSSR count). The Bertz CT molecular complexity index is 294. The maximum atomic E-state index is 10.4. The number of pyridine rings is 1. The first-order valence-corrected chi connectivity index (χ1v) is 4.06. The van der Waals surface area contributed by atoms with Crippen molar-refractivity contribution in [3.63, 3.8) is 0 Å². The molecule has 0 saturated carbocycles. The number of aromatic nitrogens is 1. The maximum Gasteiger partial charge on any atom is 0.150 e. The van der Waals surface area contributed by atoms with Gasteiger partial charge in [0, 0.05) is 24.8 Å². The van der Waals surface area contributed by atoms with Crippen molar-refractivity contribution in [3.8, 4) is 0 Å². The average molecular weight is 162 g/mol. The van der Waals surface area contributed by atoms with E-state index in [0.29, 0.717) is 5.56 Å². The number of carbonyl (C=O) groups is 1. The zero-order valence-electron chi connectivity index (χ0n) is 6.73. The lowest BCUT2D eigenvalue weighted by Crippen LogP contribution is -2.37. The number of aldehydes is 1. The molecular formula is C9H10N2O. The van der Waals surface area contributed by atoms with E-state index in [2.05, 4.69) is 9.88 Å². The Hall–Kier alpha value is -1.38. The van der Waals surface area contributed by atoms with E-state index in [1.54, 1.807) is 12.3 Å². The standard InChI is InChI=1S/C9H10N2O/c12-7-8-2-3-10-9(6-8)11-4-1-5-11/h2-3,6-7H,1,4-5H2. The van der Waals surface area contributed by atoms with Crippen LogP contribution >= 0.6 is 0 Å². The molecule has 12 heavy (non-hydrogen) atoms. The fraction of sp³-hybridized carbons (Fsp3) is 0.333. The largest absolute Gasteiger partial charge is 0.356 e. The average Bonchev–Trinajstić information content (AvgIpc) is 2.02. The van der Waals surface area contributed by atoms with Crippen LogP contribution in [0.25, 0.3) is 0 Å². The molecule has 1 fully saturated rings. The molecule has 1 aromatic rings. The first-order valence-electron chi connectivity index (χ1n) is 4.06. The van der Waals surface area contributed by atoms with Crippen LogP contribution in [0.4, 0.5) is 5.82 Å². The highest BCUT2D eigenvalue weighted by Crippen LogP contribution is 2.17. The van der Waals surface area contributed by atoms with Crippen LogP contribution in [-0.2, 0) is 0 Å². The van der Waals surface area contributed by atoms with Gasteiger partial charge >= 0.3 is 0 Å². The van der Waals surface area contributed by atoms with Crippen LogP contribution in [0.5, 0.6) is 0 Å². The van der Waals surface area contributed by atoms with Crippen LogP contribution < -0.4 is 4.90 Å². The van der Waals surface area contributed by atoms with Gasteiger partial charge < -0.3 is 4.90 Å². The van der Waals surface area contributed by atoms with Crippen molar-refractivity contribution in [2.24, 2.45) is 0 Å². The van der Waals surface area contributed by atoms with Crippen LogP contribution in [0.3, 0.4) is 0 Å². The zero-order valence-corrected chi connectivity index (χ0v) is 6.73. The van der Waals surface area contributed by atoms with Crippen molar-refractivity contribution in [1.82, 2.24) is 4.98 Å². The van der Waals surface area contributed by atoms with E-state index in [1.165, 1.54) is 6.42 Å². The quantitative estimate of drug-likeness (QED) is 0.610. The van der Waals surface area contributed by atoms with Crippen LogP contribution in [0.2, 0.25) is 0 Å². The fourth-order valence-corrected chi connectivity index (χ4v) is 1.23. The lowest BCUT2D eigenvalue weighted by Gasteiger charge is -2.31. The van der Waals surface area contributed by atoms with E-state index in [9.17, 15) is 4.79 Å². The molecule has 1 aromatic heterocycles.